The lowest BCUT2D eigenvalue weighted by atomic mass is 9.99. The van der Waals surface area contributed by atoms with Crippen LogP contribution in [0.3, 0.4) is 0 Å². The number of nitrogen functional groups attached to an aromatic ring is 1. The van der Waals surface area contributed by atoms with Crippen LogP contribution in [0.1, 0.15) is 13.2 Å². The number of aliphatic hydroxyl groups is 1. The highest BCUT2D eigenvalue weighted by atomic mass is 32.7. The van der Waals surface area contributed by atoms with Crippen molar-refractivity contribution in [2.75, 3.05) is 12.3 Å². The lowest BCUT2D eigenvalue weighted by Gasteiger charge is -2.24. The van der Waals surface area contributed by atoms with Crippen LogP contribution in [0.4, 0.5) is 10.2 Å². The topological polar surface area (TPSA) is 117 Å². The van der Waals surface area contributed by atoms with E-state index in [9.17, 15) is 18.9 Å². The molecule has 1 fully saturated rings. The first kappa shape index (κ1) is 16.3. The van der Waals surface area contributed by atoms with Gasteiger partial charge in [-0.25, -0.2) is 9.18 Å². The molecule has 0 bridgehead atoms. The summed E-state index contributed by atoms with van der Waals surface area (Å²) in [7, 11) is -2.41. The molecule has 0 aliphatic carbocycles. The molecule has 2 unspecified atom stereocenters. The Morgan fingerprint density at radius 2 is 2.43 bits per heavy atom. The van der Waals surface area contributed by atoms with Crippen molar-refractivity contribution in [3.63, 3.8) is 0 Å². The summed E-state index contributed by atoms with van der Waals surface area (Å²) in [4.78, 5) is 15.2. The number of alkyl halides is 1. The van der Waals surface area contributed by atoms with E-state index in [-0.39, 0.29) is 5.82 Å². The molecule has 8 nitrogen and oxygen atoms in total. The summed E-state index contributed by atoms with van der Waals surface area (Å²) in [5.41, 5.74) is 3.08. The zero-order chi connectivity index (χ0) is 15.8. The minimum atomic E-state index is -2.41. The Morgan fingerprint density at radius 3 is 2.95 bits per heavy atom. The minimum absolute atomic E-state index is 0.0131. The van der Waals surface area contributed by atoms with E-state index in [1.807, 2.05) is 0 Å². The maximum Gasteiger partial charge on any atom is 0.582 e. The normalized spacial score (nSPS) is 33.1. The van der Waals surface area contributed by atoms with E-state index in [1.54, 1.807) is 0 Å². The van der Waals surface area contributed by atoms with Crippen molar-refractivity contribution < 1.29 is 23.3 Å². The van der Waals surface area contributed by atoms with Crippen LogP contribution < -0.4 is 11.4 Å². The fourth-order valence-corrected chi connectivity index (χ4v) is 2.96. The molecule has 11 heteroatoms. The number of anilines is 1. The number of nitrogens with two attached hydrogens (primary N) is 1. The van der Waals surface area contributed by atoms with E-state index in [2.05, 4.69) is 17.2 Å². The Hall–Kier alpha value is -1.06. The summed E-state index contributed by atoms with van der Waals surface area (Å²) in [5, 5.41) is 9.39. The molecule has 0 radical (unpaired) electrons. The summed E-state index contributed by atoms with van der Waals surface area (Å²) >= 11 is 3.57. The van der Waals surface area contributed by atoms with E-state index < -0.39 is 43.6 Å². The summed E-state index contributed by atoms with van der Waals surface area (Å²) in [5.74, 6) is -0.0131. The van der Waals surface area contributed by atoms with Crippen molar-refractivity contribution in [3.8, 4) is 0 Å². The minimum Gasteiger partial charge on any atom is -0.393 e. The van der Waals surface area contributed by atoms with E-state index in [4.69, 9.17) is 15.0 Å². The second-order valence-electron chi connectivity index (χ2n) is 4.73. The smallest absolute Gasteiger partial charge is 0.393 e. The molecule has 1 aliphatic heterocycles. The van der Waals surface area contributed by atoms with Gasteiger partial charge in [-0.2, -0.15) is 4.98 Å². The fourth-order valence-electron chi connectivity index (χ4n) is 2.12. The van der Waals surface area contributed by atoms with Crippen LogP contribution >= 0.6 is 19.5 Å². The number of hydrogen-bond donors (Lipinski definition) is 3. The van der Waals surface area contributed by atoms with Crippen LogP contribution in [-0.2, 0) is 13.8 Å². The van der Waals surface area contributed by atoms with Gasteiger partial charge < -0.3 is 15.6 Å². The molecule has 1 aliphatic rings. The van der Waals surface area contributed by atoms with Crippen LogP contribution in [0, 0.1) is 0 Å². The number of thiol groups is 1. The summed E-state index contributed by atoms with van der Waals surface area (Å²) in [6.45, 7) is 0.787. The maximum absolute atomic E-state index is 14.5. The van der Waals surface area contributed by atoms with E-state index in [0.717, 1.165) is 4.57 Å². The van der Waals surface area contributed by atoms with E-state index in [0.29, 0.717) is 0 Å². The lowest BCUT2D eigenvalue weighted by molar-refractivity contribution is -0.112. The molecule has 5 atom stereocenters. The molecule has 3 N–H and O–H groups in total. The number of aliphatic hydroxyl groups excluding tert-OH is 1. The SMILES string of the molecule is C[C@]1(CO)O[C@@H](n2ccc(N)nc2=O)[C@@H](F)C1O[P+](=O)S. The molecule has 2 heterocycles. The van der Waals surface area contributed by atoms with Gasteiger partial charge in [0, 0.05) is 6.20 Å². The number of ether oxygens (including phenoxy) is 1. The van der Waals surface area contributed by atoms with Crippen molar-refractivity contribution in [3.05, 3.63) is 22.7 Å². The predicted molar refractivity (Wildman–Crippen MR) is 74.9 cm³/mol. The van der Waals surface area contributed by atoms with Crippen LogP contribution in [0.2, 0.25) is 0 Å². The molecule has 0 saturated carbocycles. The third kappa shape index (κ3) is 3.09. The van der Waals surface area contributed by atoms with E-state index >= 15 is 0 Å². The largest absolute Gasteiger partial charge is 0.582 e. The summed E-state index contributed by atoms with van der Waals surface area (Å²) < 4.78 is 36.8. The molecule has 21 heavy (non-hydrogen) atoms. The van der Waals surface area contributed by atoms with Crippen molar-refractivity contribution in [2.24, 2.45) is 0 Å². The van der Waals surface area contributed by atoms with Crippen molar-refractivity contribution in [1.82, 2.24) is 9.55 Å². The molecule has 0 aromatic carbocycles. The first-order chi connectivity index (χ1) is 9.78. The van der Waals surface area contributed by atoms with Crippen molar-refractivity contribution in [1.29, 1.82) is 0 Å². The predicted octanol–water partition coefficient (Wildman–Crippen LogP) is 0.416. The highest BCUT2D eigenvalue weighted by Crippen LogP contribution is 2.45. The quantitative estimate of drug-likeness (QED) is 0.538. The monoisotopic (exact) mass is 338 g/mol. The van der Waals surface area contributed by atoms with Gasteiger partial charge in [0.2, 0.25) is 0 Å². The molecular weight excluding hydrogens is 324 g/mol. The molecule has 1 aromatic heterocycles. The zero-order valence-electron chi connectivity index (χ0n) is 10.9. The average Bonchev–Trinajstić information content (AvgIpc) is 2.64. The highest BCUT2D eigenvalue weighted by Gasteiger charge is 2.58. The second kappa shape index (κ2) is 5.98. The Morgan fingerprint density at radius 1 is 1.76 bits per heavy atom. The Balaban J connectivity index is 2.38. The van der Waals surface area contributed by atoms with Crippen LogP contribution in [0.15, 0.2) is 17.1 Å². The summed E-state index contributed by atoms with van der Waals surface area (Å²) in [6, 6.07) is 1.31. The standard InChI is InChI=1S/C10H13FN3O5PS/c1-10(4-15)7(19-20(17)21)6(11)8(18-10)14-3-2-5(12)13-9(14)16/h2-3,6-8,15H,4H2,1H3,(H2-,12,13,16,17,21)/p+1/t6-,7?,8+,10+/m0/s1. The first-order valence-corrected chi connectivity index (χ1v) is 8.22. The number of aromatic nitrogens is 2. The number of halogens is 1. The second-order valence-corrected chi connectivity index (χ2v) is 6.40. The van der Waals surface area contributed by atoms with Gasteiger partial charge in [0.1, 0.15) is 23.7 Å². The van der Waals surface area contributed by atoms with Gasteiger partial charge in [0.25, 0.3) is 0 Å². The van der Waals surface area contributed by atoms with Crippen molar-refractivity contribution >= 4 is 25.3 Å². The lowest BCUT2D eigenvalue weighted by Crippen LogP contribution is -2.43. The van der Waals surface area contributed by atoms with Crippen LogP contribution in [0.25, 0.3) is 0 Å². The van der Waals surface area contributed by atoms with Gasteiger partial charge in [-0.05, 0) is 17.6 Å². The van der Waals surface area contributed by atoms with Gasteiger partial charge in [-0.15, -0.1) is 4.52 Å². The van der Waals surface area contributed by atoms with Crippen molar-refractivity contribution in [2.45, 2.75) is 31.0 Å². The van der Waals surface area contributed by atoms with Gasteiger partial charge in [-0.3, -0.25) is 4.57 Å². The van der Waals surface area contributed by atoms with Gasteiger partial charge in [-0.1, -0.05) is 0 Å². The van der Waals surface area contributed by atoms with Crippen LogP contribution in [-0.4, -0.2) is 39.1 Å². The van der Waals surface area contributed by atoms with Gasteiger partial charge in [0.15, 0.2) is 18.5 Å². The Labute approximate surface area is 125 Å². The van der Waals surface area contributed by atoms with Gasteiger partial charge in [0.05, 0.1) is 6.61 Å². The Bertz CT molecular complexity index is 617. The molecule has 116 valence electrons. The number of hydrogen-bond acceptors (Lipinski definition) is 7. The molecule has 0 spiro atoms. The maximum atomic E-state index is 14.5. The zero-order valence-corrected chi connectivity index (χ0v) is 12.7. The molecule has 0 amide bonds. The Kier molecular flexibility index (Phi) is 4.64. The molecule has 1 aromatic rings. The van der Waals surface area contributed by atoms with Gasteiger partial charge >= 0.3 is 12.9 Å². The highest BCUT2D eigenvalue weighted by molar-refractivity contribution is 8.39. The molecule has 2 rings (SSSR count). The third-order valence-electron chi connectivity index (χ3n) is 3.20. The fraction of sp³-hybridized carbons (Fsp3) is 0.600. The molecule has 1 saturated heterocycles. The van der Waals surface area contributed by atoms with Crippen LogP contribution in [0.5, 0.6) is 0 Å². The number of nitrogens with zero attached hydrogens (tertiary/aromatic N) is 2. The third-order valence-corrected chi connectivity index (χ3v) is 3.89. The summed E-state index contributed by atoms with van der Waals surface area (Å²) in [6.07, 6.45) is -3.35. The average molecular weight is 338 g/mol. The first-order valence-electron chi connectivity index (χ1n) is 5.89. The molecular formula is C10H14FN3O5PS+. The number of rotatable bonds is 4. The van der Waals surface area contributed by atoms with E-state index in [1.165, 1.54) is 19.2 Å².